The van der Waals surface area contributed by atoms with Gasteiger partial charge in [-0.3, -0.25) is 0 Å². The number of hydrogen-bond donors (Lipinski definition) is 1. The van der Waals surface area contributed by atoms with Crippen LogP contribution >= 0.6 is 0 Å². The normalized spacial score (nSPS) is 24.4. The first-order chi connectivity index (χ1) is 6.20. The number of hydrogen-bond acceptors (Lipinski definition) is 2. The molecule has 3 nitrogen and oxygen atoms in total. The van der Waals surface area contributed by atoms with Crippen molar-refractivity contribution in [1.82, 2.24) is 0 Å². The molecule has 80 valence electrons. The summed E-state index contributed by atoms with van der Waals surface area (Å²) in [7, 11) is 0. The van der Waals surface area contributed by atoms with Crippen LogP contribution in [0.2, 0.25) is 0 Å². The molecule has 0 atom stereocenters. The Bertz CT molecular complexity index is 256. The molecule has 0 spiro atoms. The zero-order valence-corrected chi connectivity index (χ0v) is 9.26. The average molecular weight is 198 g/mol. The summed E-state index contributed by atoms with van der Waals surface area (Å²) in [5, 5.41) is 8.69. The highest BCUT2D eigenvalue weighted by Crippen LogP contribution is 2.37. The van der Waals surface area contributed by atoms with Gasteiger partial charge in [0.1, 0.15) is 0 Å². The smallest absolute Gasteiger partial charge is 0.328 e. The second kappa shape index (κ2) is 3.39. The standard InChI is InChI=1S/C11H18O3/c1-10(2)6-8(5-9(12)13)7-11(3,4)14-10/h5H,6-7H2,1-4H3,(H,12,13). The molecule has 0 aromatic heterocycles. The van der Waals surface area contributed by atoms with Gasteiger partial charge in [0.05, 0.1) is 11.2 Å². The molecule has 0 saturated carbocycles. The van der Waals surface area contributed by atoms with Crippen LogP contribution in [0.3, 0.4) is 0 Å². The zero-order chi connectivity index (χ0) is 11.0. The maximum Gasteiger partial charge on any atom is 0.328 e. The second-order valence-corrected chi connectivity index (χ2v) is 5.12. The molecule has 0 radical (unpaired) electrons. The van der Waals surface area contributed by atoms with Crippen molar-refractivity contribution in [1.29, 1.82) is 0 Å². The highest BCUT2D eigenvalue weighted by Gasteiger charge is 2.36. The maximum atomic E-state index is 10.6. The Morgan fingerprint density at radius 1 is 1.29 bits per heavy atom. The predicted octanol–water partition coefficient (Wildman–Crippen LogP) is 2.37. The minimum atomic E-state index is -0.867. The maximum absolute atomic E-state index is 10.6. The van der Waals surface area contributed by atoms with E-state index in [1.165, 1.54) is 6.08 Å². The molecule has 1 N–H and O–H groups in total. The molecule has 0 unspecified atom stereocenters. The van der Waals surface area contributed by atoms with E-state index in [4.69, 9.17) is 9.84 Å². The highest BCUT2D eigenvalue weighted by atomic mass is 16.5. The van der Waals surface area contributed by atoms with Crippen molar-refractivity contribution in [2.75, 3.05) is 0 Å². The Balaban J connectivity index is 2.87. The van der Waals surface area contributed by atoms with E-state index >= 15 is 0 Å². The molecule has 1 aliphatic heterocycles. The van der Waals surface area contributed by atoms with Gasteiger partial charge in [0, 0.05) is 6.08 Å². The lowest BCUT2D eigenvalue weighted by atomic mass is 9.85. The van der Waals surface area contributed by atoms with E-state index < -0.39 is 5.97 Å². The molecule has 0 aromatic carbocycles. The molecule has 3 heteroatoms. The van der Waals surface area contributed by atoms with E-state index in [0.29, 0.717) is 12.8 Å². The molecule has 0 aromatic rings. The van der Waals surface area contributed by atoms with Crippen molar-refractivity contribution in [2.45, 2.75) is 51.7 Å². The van der Waals surface area contributed by atoms with Crippen molar-refractivity contribution in [3.05, 3.63) is 11.6 Å². The van der Waals surface area contributed by atoms with Crippen LogP contribution in [0.25, 0.3) is 0 Å². The first-order valence-electron chi connectivity index (χ1n) is 4.83. The summed E-state index contributed by atoms with van der Waals surface area (Å²) >= 11 is 0. The van der Waals surface area contributed by atoms with E-state index in [2.05, 4.69) is 0 Å². The van der Waals surface area contributed by atoms with Crippen LogP contribution in [-0.4, -0.2) is 22.3 Å². The van der Waals surface area contributed by atoms with Crippen molar-refractivity contribution in [3.63, 3.8) is 0 Å². The average Bonchev–Trinajstić information content (AvgIpc) is 1.74. The Hall–Kier alpha value is -0.830. The van der Waals surface area contributed by atoms with Crippen LogP contribution in [0.4, 0.5) is 0 Å². The molecule has 1 rings (SSSR count). The molecule has 14 heavy (non-hydrogen) atoms. The third-order valence-electron chi connectivity index (χ3n) is 2.19. The second-order valence-electron chi connectivity index (χ2n) is 5.12. The topological polar surface area (TPSA) is 46.5 Å². The van der Waals surface area contributed by atoms with Gasteiger partial charge in [0.15, 0.2) is 0 Å². The number of aliphatic carboxylic acids is 1. The fourth-order valence-electron chi connectivity index (χ4n) is 2.25. The zero-order valence-electron chi connectivity index (χ0n) is 9.26. The Morgan fingerprint density at radius 3 is 2.07 bits per heavy atom. The monoisotopic (exact) mass is 198 g/mol. The van der Waals surface area contributed by atoms with Gasteiger partial charge < -0.3 is 9.84 Å². The quantitative estimate of drug-likeness (QED) is 0.658. The predicted molar refractivity (Wildman–Crippen MR) is 54.2 cm³/mol. The minimum Gasteiger partial charge on any atom is -0.478 e. The van der Waals surface area contributed by atoms with Gasteiger partial charge in [-0.25, -0.2) is 4.79 Å². The summed E-state index contributed by atoms with van der Waals surface area (Å²) < 4.78 is 5.84. The number of carbonyl (C=O) groups is 1. The Kier molecular flexibility index (Phi) is 2.72. The fraction of sp³-hybridized carbons (Fsp3) is 0.727. The lowest BCUT2D eigenvalue weighted by molar-refractivity contribution is -0.140. The largest absolute Gasteiger partial charge is 0.478 e. The molecule has 0 aliphatic carbocycles. The van der Waals surface area contributed by atoms with Gasteiger partial charge in [0.2, 0.25) is 0 Å². The molecule has 1 saturated heterocycles. The van der Waals surface area contributed by atoms with Crippen molar-refractivity contribution in [3.8, 4) is 0 Å². The summed E-state index contributed by atoms with van der Waals surface area (Å²) in [5.41, 5.74) is 0.435. The van der Waals surface area contributed by atoms with Crippen molar-refractivity contribution >= 4 is 5.97 Å². The summed E-state index contributed by atoms with van der Waals surface area (Å²) in [5.74, 6) is -0.867. The summed E-state index contributed by atoms with van der Waals surface area (Å²) in [6.07, 6.45) is 2.71. The van der Waals surface area contributed by atoms with Gasteiger partial charge in [-0.1, -0.05) is 5.57 Å². The SMILES string of the molecule is CC1(C)CC(=CC(=O)O)CC(C)(C)O1. The Labute approximate surface area is 84.8 Å². The van der Waals surface area contributed by atoms with Crippen LogP contribution in [0.5, 0.6) is 0 Å². The van der Waals surface area contributed by atoms with Crippen LogP contribution in [0, 0.1) is 0 Å². The molecular weight excluding hydrogens is 180 g/mol. The molecule has 0 amide bonds. The van der Waals surface area contributed by atoms with Gasteiger partial charge in [-0.15, -0.1) is 0 Å². The van der Waals surface area contributed by atoms with Gasteiger partial charge in [0.25, 0.3) is 0 Å². The first-order valence-corrected chi connectivity index (χ1v) is 4.83. The van der Waals surface area contributed by atoms with E-state index in [0.717, 1.165) is 5.57 Å². The van der Waals surface area contributed by atoms with E-state index in [1.807, 2.05) is 27.7 Å². The van der Waals surface area contributed by atoms with Crippen LogP contribution in [-0.2, 0) is 9.53 Å². The lowest BCUT2D eigenvalue weighted by Crippen LogP contribution is -2.42. The highest BCUT2D eigenvalue weighted by molar-refractivity contribution is 5.80. The molecular formula is C11H18O3. The number of carboxylic acids is 1. The number of rotatable bonds is 1. The fourth-order valence-corrected chi connectivity index (χ4v) is 2.25. The van der Waals surface area contributed by atoms with Gasteiger partial charge in [-0.2, -0.15) is 0 Å². The van der Waals surface area contributed by atoms with Gasteiger partial charge >= 0.3 is 5.97 Å². The number of carboxylic acid groups (broad SMARTS) is 1. The third-order valence-corrected chi connectivity index (χ3v) is 2.19. The lowest BCUT2D eigenvalue weighted by Gasteiger charge is -2.42. The number of ether oxygens (including phenoxy) is 1. The van der Waals surface area contributed by atoms with Crippen LogP contribution in [0.15, 0.2) is 11.6 Å². The van der Waals surface area contributed by atoms with E-state index in [9.17, 15) is 4.79 Å². The minimum absolute atomic E-state index is 0.261. The third kappa shape index (κ3) is 3.14. The molecule has 1 aliphatic rings. The molecule has 1 fully saturated rings. The summed E-state index contributed by atoms with van der Waals surface area (Å²) in [4.78, 5) is 10.6. The molecule has 0 bridgehead atoms. The summed E-state index contributed by atoms with van der Waals surface area (Å²) in [6, 6.07) is 0. The Morgan fingerprint density at radius 2 is 1.71 bits per heavy atom. The molecule has 1 heterocycles. The summed E-state index contributed by atoms with van der Waals surface area (Å²) in [6.45, 7) is 7.96. The van der Waals surface area contributed by atoms with E-state index in [1.54, 1.807) is 0 Å². The van der Waals surface area contributed by atoms with E-state index in [-0.39, 0.29) is 11.2 Å². The van der Waals surface area contributed by atoms with Crippen molar-refractivity contribution < 1.29 is 14.6 Å². The van der Waals surface area contributed by atoms with Crippen LogP contribution in [0.1, 0.15) is 40.5 Å². The first kappa shape index (κ1) is 11.2. The van der Waals surface area contributed by atoms with Crippen molar-refractivity contribution in [2.24, 2.45) is 0 Å². The van der Waals surface area contributed by atoms with Crippen LogP contribution < -0.4 is 0 Å². The van der Waals surface area contributed by atoms with Gasteiger partial charge in [-0.05, 0) is 40.5 Å².